The summed E-state index contributed by atoms with van der Waals surface area (Å²) in [4.78, 5) is 13.6. The van der Waals surface area contributed by atoms with Gasteiger partial charge in [0, 0.05) is 19.0 Å². The summed E-state index contributed by atoms with van der Waals surface area (Å²) in [6.45, 7) is 12.5. The Labute approximate surface area is 125 Å². The quantitative estimate of drug-likeness (QED) is 0.582. The van der Waals surface area contributed by atoms with Gasteiger partial charge in [-0.25, -0.2) is 4.79 Å². The van der Waals surface area contributed by atoms with Crippen molar-refractivity contribution in [1.82, 2.24) is 4.90 Å². The van der Waals surface area contributed by atoms with Crippen molar-refractivity contribution in [1.29, 1.82) is 0 Å². The van der Waals surface area contributed by atoms with E-state index in [1.165, 1.54) is 0 Å². The van der Waals surface area contributed by atoms with Crippen molar-refractivity contribution in [3.63, 3.8) is 0 Å². The van der Waals surface area contributed by atoms with Crippen LogP contribution < -0.4 is 0 Å². The molecule has 1 fully saturated rings. The monoisotopic (exact) mass is 302 g/mol. The SMILES string of the molecule is CC(C)(C)OC(=O)N1CCC(/C=N/[S+]([O-])C(C)(C)C)C1. The normalized spacial score (nSPS) is 22.4. The fourth-order valence-corrected chi connectivity index (χ4v) is 2.30. The number of hydrogen-bond donors (Lipinski definition) is 0. The molecule has 0 saturated carbocycles. The van der Waals surface area contributed by atoms with Gasteiger partial charge in [0.2, 0.25) is 0 Å². The third kappa shape index (κ3) is 5.71. The maximum Gasteiger partial charge on any atom is 0.410 e. The number of carbonyl (C=O) groups excluding carboxylic acids is 1. The Morgan fingerprint density at radius 1 is 1.35 bits per heavy atom. The molecule has 0 spiro atoms. The molecule has 1 rings (SSSR count). The second-order valence-corrected chi connectivity index (χ2v) is 9.02. The standard InChI is InChI=1S/C14H26N2O3S/c1-13(2,3)19-12(17)16-8-7-11(10-16)9-15-20(18)14(4,5)6/h9,11H,7-8,10H2,1-6H3/b15-9+. The van der Waals surface area contributed by atoms with Gasteiger partial charge in [0.15, 0.2) is 0 Å². The summed E-state index contributed by atoms with van der Waals surface area (Å²) < 4.78 is 20.9. The maximum atomic E-state index is 11.9. The summed E-state index contributed by atoms with van der Waals surface area (Å²) in [7, 11) is 0. The summed E-state index contributed by atoms with van der Waals surface area (Å²) >= 11 is -1.24. The average molecular weight is 302 g/mol. The van der Waals surface area contributed by atoms with Crippen LogP contribution in [0.4, 0.5) is 4.79 Å². The van der Waals surface area contributed by atoms with Gasteiger partial charge in [0.1, 0.15) is 21.7 Å². The molecule has 5 nitrogen and oxygen atoms in total. The van der Waals surface area contributed by atoms with Crippen molar-refractivity contribution in [2.24, 2.45) is 10.3 Å². The molecule has 1 heterocycles. The minimum Gasteiger partial charge on any atom is -0.591 e. The lowest BCUT2D eigenvalue weighted by molar-refractivity contribution is 0.0292. The lowest BCUT2D eigenvalue weighted by Crippen LogP contribution is -2.35. The third-order valence-corrected chi connectivity index (χ3v) is 4.13. The highest BCUT2D eigenvalue weighted by atomic mass is 32.2. The van der Waals surface area contributed by atoms with E-state index < -0.39 is 17.0 Å². The van der Waals surface area contributed by atoms with Gasteiger partial charge in [-0.2, -0.15) is 0 Å². The van der Waals surface area contributed by atoms with Crippen molar-refractivity contribution in [2.75, 3.05) is 13.1 Å². The van der Waals surface area contributed by atoms with E-state index in [0.29, 0.717) is 13.1 Å². The number of ether oxygens (including phenoxy) is 1. The highest BCUT2D eigenvalue weighted by Crippen LogP contribution is 2.20. The van der Waals surface area contributed by atoms with Gasteiger partial charge in [-0.1, -0.05) is 4.40 Å². The van der Waals surface area contributed by atoms with E-state index in [2.05, 4.69) is 4.40 Å². The zero-order valence-electron chi connectivity index (χ0n) is 13.3. The van der Waals surface area contributed by atoms with E-state index in [4.69, 9.17) is 4.74 Å². The molecule has 1 saturated heterocycles. The Hall–Kier alpha value is -0.750. The highest BCUT2D eigenvalue weighted by molar-refractivity contribution is 7.91. The molecule has 1 aliphatic heterocycles. The first-order valence-electron chi connectivity index (χ1n) is 6.93. The van der Waals surface area contributed by atoms with Crippen LogP contribution in [-0.2, 0) is 16.1 Å². The van der Waals surface area contributed by atoms with E-state index in [0.717, 1.165) is 6.42 Å². The van der Waals surface area contributed by atoms with Crippen LogP contribution in [0.3, 0.4) is 0 Å². The Kier molecular flexibility index (Phi) is 5.49. The summed E-state index contributed by atoms with van der Waals surface area (Å²) in [6.07, 6.45) is 2.28. The molecule has 2 atom stereocenters. The van der Waals surface area contributed by atoms with Crippen molar-refractivity contribution in [2.45, 2.75) is 58.3 Å². The first-order chi connectivity index (χ1) is 8.99. The molecular weight excluding hydrogens is 276 g/mol. The molecule has 6 heteroatoms. The van der Waals surface area contributed by atoms with Crippen molar-refractivity contribution >= 4 is 23.7 Å². The van der Waals surface area contributed by atoms with E-state index in [-0.39, 0.29) is 16.8 Å². The number of hydrogen-bond acceptors (Lipinski definition) is 4. The summed E-state index contributed by atoms with van der Waals surface area (Å²) in [5.41, 5.74) is -0.475. The minimum atomic E-state index is -1.24. The van der Waals surface area contributed by atoms with Gasteiger partial charge >= 0.3 is 6.09 Å². The van der Waals surface area contributed by atoms with Crippen LogP contribution in [0.1, 0.15) is 48.0 Å². The molecule has 2 unspecified atom stereocenters. The first kappa shape index (κ1) is 17.3. The first-order valence-corrected chi connectivity index (χ1v) is 8.04. The molecule has 116 valence electrons. The number of rotatable bonds is 2. The van der Waals surface area contributed by atoms with Crippen molar-refractivity contribution < 1.29 is 14.1 Å². The molecule has 0 bridgehead atoms. The van der Waals surface area contributed by atoms with E-state index >= 15 is 0 Å². The Morgan fingerprint density at radius 3 is 2.45 bits per heavy atom. The fourth-order valence-electron chi connectivity index (χ4n) is 1.70. The predicted molar refractivity (Wildman–Crippen MR) is 82.3 cm³/mol. The van der Waals surface area contributed by atoms with Gasteiger partial charge in [-0.05, 0) is 48.0 Å². The smallest absolute Gasteiger partial charge is 0.410 e. The van der Waals surface area contributed by atoms with Crippen LogP contribution in [-0.4, -0.2) is 45.2 Å². The van der Waals surface area contributed by atoms with Crippen LogP contribution in [0, 0.1) is 5.92 Å². The minimum absolute atomic E-state index is 0.161. The number of likely N-dealkylation sites (tertiary alicyclic amines) is 1. The fraction of sp³-hybridized carbons (Fsp3) is 0.857. The second kappa shape index (κ2) is 6.35. The summed E-state index contributed by atoms with van der Waals surface area (Å²) in [5.74, 6) is 0.161. The largest absolute Gasteiger partial charge is 0.591 e. The molecule has 0 aliphatic carbocycles. The zero-order chi connectivity index (χ0) is 15.6. The van der Waals surface area contributed by atoms with Crippen LogP contribution >= 0.6 is 0 Å². The molecule has 0 N–H and O–H groups in total. The third-order valence-electron chi connectivity index (χ3n) is 2.77. The lowest BCUT2D eigenvalue weighted by Gasteiger charge is -2.24. The maximum absolute atomic E-state index is 11.9. The topological polar surface area (TPSA) is 65.0 Å². The zero-order valence-corrected chi connectivity index (χ0v) is 14.1. The highest BCUT2D eigenvalue weighted by Gasteiger charge is 2.30. The van der Waals surface area contributed by atoms with Gasteiger partial charge in [0.25, 0.3) is 0 Å². The Balaban J connectivity index is 2.48. The Morgan fingerprint density at radius 2 is 1.95 bits per heavy atom. The predicted octanol–water partition coefficient (Wildman–Crippen LogP) is 2.78. The van der Waals surface area contributed by atoms with Gasteiger partial charge in [-0.15, -0.1) is 0 Å². The van der Waals surface area contributed by atoms with E-state index in [9.17, 15) is 9.35 Å². The molecule has 20 heavy (non-hydrogen) atoms. The molecule has 0 aromatic rings. The number of carbonyl (C=O) groups is 1. The molecule has 0 radical (unpaired) electrons. The van der Waals surface area contributed by atoms with Crippen LogP contribution in [0.2, 0.25) is 0 Å². The number of nitrogens with zero attached hydrogens (tertiary/aromatic N) is 2. The molecule has 1 aliphatic rings. The van der Waals surface area contributed by atoms with Gasteiger partial charge < -0.3 is 14.2 Å². The number of amides is 1. The molecular formula is C14H26N2O3S. The van der Waals surface area contributed by atoms with E-state index in [1.54, 1.807) is 11.1 Å². The molecule has 0 aromatic carbocycles. The van der Waals surface area contributed by atoms with Crippen molar-refractivity contribution in [3.8, 4) is 0 Å². The summed E-state index contributed by atoms with van der Waals surface area (Å²) in [6, 6.07) is 0. The lowest BCUT2D eigenvalue weighted by atomic mass is 10.1. The van der Waals surface area contributed by atoms with Gasteiger partial charge in [-0.3, -0.25) is 0 Å². The van der Waals surface area contributed by atoms with Crippen LogP contribution in [0.25, 0.3) is 0 Å². The second-order valence-electron chi connectivity index (χ2n) is 7.09. The van der Waals surface area contributed by atoms with Gasteiger partial charge in [0.05, 0.1) is 6.21 Å². The van der Waals surface area contributed by atoms with Crippen LogP contribution in [0.5, 0.6) is 0 Å². The Bertz CT molecular complexity index is 372. The molecule has 1 amide bonds. The van der Waals surface area contributed by atoms with Crippen LogP contribution in [0.15, 0.2) is 4.40 Å². The van der Waals surface area contributed by atoms with E-state index in [1.807, 2.05) is 41.5 Å². The average Bonchev–Trinajstić information content (AvgIpc) is 2.70. The molecule has 0 aromatic heterocycles. The summed E-state index contributed by atoms with van der Waals surface area (Å²) in [5, 5.41) is 0. The van der Waals surface area contributed by atoms with Crippen molar-refractivity contribution in [3.05, 3.63) is 0 Å².